The Morgan fingerprint density at radius 3 is 2.25 bits per heavy atom. The largest absolute Gasteiger partial charge is 0.495 e. The van der Waals surface area contributed by atoms with Crippen LogP contribution in [0.25, 0.3) is 11.0 Å². The van der Waals surface area contributed by atoms with Crippen LogP contribution in [0.3, 0.4) is 0 Å². The molecule has 0 bridgehead atoms. The molecule has 11 heteroatoms. The quantitative estimate of drug-likeness (QED) is 0.407. The number of hydrogen-bond acceptors (Lipinski definition) is 9. The van der Waals surface area contributed by atoms with Gasteiger partial charge in [0.2, 0.25) is 0 Å². The second kappa shape index (κ2) is 8.63. The summed E-state index contributed by atoms with van der Waals surface area (Å²) in [6.45, 7) is 0. The molecular weight excluding hydrogens is 436 g/mol. The van der Waals surface area contributed by atoms with Crippen molar-refractivity contribution in [3.63, 3.8) is 0 Å². The van der Waals surface area contributed by atoms with Gasteiger partial charge in [0.25, 0.3) is 10.0 Å². The summed E-state index contributed by atoms with van der Waals surface area (Å²) in [6.07, 6.45) is 1.65. The van der Waals surface area contributed by atoms with Crippen LogP contribution in [0.5, 0.6) is 17.2 Å². The topological polar surface area (TPSA) is 125 Å². The van der Waals surface area contributed by atoms with Gasteiger partial charge in [-0.2, -0.15) is 0 Å². The Morgan fingerprint density at radius 2 is 1.62 bits per heavy atom. The third kappa shape index (κ3) is 3.97. The van der Waals surface area contributed by atoms with Crippen LogP contribution in [0.1, 0.15) is 0 Å². The van der Waals surface area contributed by atoms with E-state index in [4.69, 9.17) is 18.7 Å². The number of benzene rings is 2. The number of nitrogens with one attached hydrogen (secondary N) is 2. The summed E-state index contributed by atoms with van der Waals surface area (Å²) in [7, 11) is 0.125. The minimum absolute atomic E-state index is 0.00403. The van der Waals surface area contributed by atoms with Gasteiger partial charge in [0.15, 0.2) is 16.3 Å². The second-order valence-electron chi connectivity index (χ2n) is 6.52. The van der Waals surface area contributed by atoms with Crippen molar-refractivity contribution in [1.29, 1.82) is 0 Å². The Kier molecular flexibility index (Phi) is 5.73. The van der Waals surface area contributed by atoms with E-state index in [0.29, 0.717) is 28.2 Å². The zero-order valence-corrected chi connectivity index (χ0v) is 18.3. The number of anilines is 3. The SMILES string of the molecule is COc1cc2c(NS(=O)(=O)c3c(OC)cccc3OC)noc2cc1Nc1ccccn1. The highest BCUT2D eigenvalue weighted by Crippen LogP contribution is 2.38. The Bertz CT molecular complexity index is 1330. The molecule has 0 aliphatic rings. The molecule has 0 atom stereocenters. The summed E-state index contributed by atoms with van der Waals surface area (Å²) in [5.74, 6) is 1.30. The van der Waals surface area contributed by atoms with E-state index in [0.717, 1.165) is 0 Å². The van der Waals surface area contributed by atoms with E-state index < -0.39 is 10.0 Å². The minimum Gasteiger partial charge on any atom is -0.495 e. The fourth-order valence-corrected chi connectivity index (χ4v) is 4.48. The number of fused-ring (bicyclic) bond motifs is 1. The Hall–Kier alpha value is -3.99. The summed E-state index contributed by atoms with van der Waals surface area (Å²) in [6, 6.07) is 13.4. The van der Waals surface area contributed by atoms with Crippen molar-refractivity contribution in [3.05, 3.63) is 54.7 Å². The van der Waals surface area contributed by atoms with E-state index in [1.165, 1.54) is 33.5 Å². The first-order valence-electron chi connectivity index (χ1n) is 9.36. The van der Waals surface area contributed by atoms with Crippen molar-refractivity contribution in [2.24, 2.45) is 0 Å². The molecule has 2 N–H and O–H groups in total. The van der Waals surface area contributed by atoms with Crippen LogP contribution in [0.15, 0.2) is 64.1 Å². The number of pyridine rings is 1. The lowest BCUT2D eigenvalue weighted by molar-refractivity contribution is 0.373. The first kappa shape index (κ1) is 21.2. The van der Waals surface area contributed by atoms with Crippen molar-refractivity contribution in [2.75, 3.05) is 31.4 Å². The normalized spacial score (nSPS) is 11.2. The van der Waals surface area contributed by atoms with Gasteiger partial charge in [0.1, 0.15) is 23.1 Å². The molecule has 2 aromatic carbocycles. The molecule has 0 unspecified atom stereocenters. The van der Waals surface area contributed by atoms with Crippen LogP contribution in [-0.4, -0.2) is 39.9 Å². The zero-order chi connectivity index (χ0) is 22.7. The van der Waals surface area contributed by atoms with Crippen LogP contribution in [0, 0.1) is 0 Å². The van der Waals surface area contributed by atoms with Gasteiger partial charge in [-0.1, -0.05) is 17.3 Å². The Labute approximate surface area is 184 Å². The third-order valence-corrected chi connectivity index (χ3v) is 6.00. The van der Waals surface area contributed by atoms with Gasteiger partial charge in [-0.15, -0.1) is 0 Å². The van der Waals surface area contributed by atoms with Gasteiger partial charge in [-0.25, -0.2) is 13.4 Å². The average Bonchev–Trinajstić information content (AvgIpc) is 3.19. The predicted octanol–water partition coefficient (Wildman–Crippen LogP) is 3.79. The Balaban J connectivity index is 1.73. The fourth-order valence-electron chi connectivity index (χ4n) is 3.14. The molecule has 32 heavy (non-hydrogen) atoms. The van der Waals surface area contributed by atoms with Crippen LogP contribution >= 0.6 is 0 Å². The molecular formula is C21H20N4O6S. The highest BCUT2D eigenvalue weighted by atomic mass is 32.2. The van der Waals surface area contributed by atoms with Crippen molar-refractivity contribution < 1.29 is 27.2 Å². The van der Waals surface area contributed by atoms with Crippen LogP contribution in [0.4, 0.5) is 17.3 Å². The fraction of sp³-hybridized carbons (Fsp3) is 0.143. The number of aromatic nitrogens is 2. The maximum atomic E-state index is 13.2. The van der Waals surface area contributed by atoms with Gasteiger partial charge >= 0.3 is 0 Å². The maximum Gasteiger partial charge on any atom is 0.270 e. The van der Waals surface area contributed by atoms with Gasteiger partial charge in [-0.05, 0) is 30.3 Å². The van der Waals surface area contributed by atoms with Crippen molar-refractivity contribution in [1.82, 2.24) is 10.1 Å². The molecule has 2 aromatic heterocycles. The first-order chi connectivity index (χ1) is 15.5. The minimum atomic E-state index is -4.13. The van der Waals surface area contributed by atoms with Gasteiger partial charge in [-0.3, -0.25) is 4.72 Å². The molecule has 0 saturated heterocycles. The number of hydrogen-bond donors (Lipinski definition) is 2. The molecule has 0 fully saturated rings. The molecule has 0 spiro atoms. The van der Waals surface area contributed by atoms with E-state index in [1.807, 2.05) is 6.07 Å². The number of ether oxygens (including phenoxy) is 3. The van der Waals surface area contributed by atoms with E-state index >= 15 is 0 Å². The standard InChI is InChI=1S/C21H20N4O6S/c1-28-15-7-6-8-16(29-2)20(15)32(26,27)25-21-13-11-18(30-3)14(12-17(13)31-24-21)23-19-9-4-5-10-22-19/h4-12H,1-3H3,(H,22,23)(H,24,25). The number of methoxy groups -OCH3 is 3. The molecule has 4 rings (SSSR count). The lowest BCUT2D eigenvalue weighted by Crippen LogP contribution is -2.15. The average molecular weight is 456 g/mol. The summed E-state index contributed by atoms with van der Waals surface area (Å²) >= 11 is 0. The lowest BCUT2D eigenvalue weighted by atomic mass is 10.2. The molecule has 0 amide bonds. The van der Waals surface area contributed by atoms with Gasteiger partial charge in [0, 0.05) is 12.3 Å². The maximum absolute atomic E-state index is 13.2. The van der Waals surface area contributed by atoms with Crippen molar-refractivity contribution in [2.45, 2.75) is 4.90 Å². The Morgan fingerprint density at radius 1 is 0.906 bits per heavy atom. The van der Waals surface area contributed by atoms with Crippen molar-refractivity contribution in [3.8, 4) is 17.2 Å². The zero-order valence-electron chi connectivity index (χ0n) is 17.4. The van der Waals surface area contributed by atoms with E-state index in [9.17, 15) is 8.42 Å². The summed E-state index contributed by atoms with van der Waals surface area (Å²) < 4.78 is 50.0. The number of sulfonamides is 1. The van der Waals surface area contributed by atoms with Crippen molar-refractivity contribution >= 4 is 38.3 Å². The number of rotatable bonds is 8. The molecule has 4 aromatic rings. The summed E-state index contributed by atoms with van der Waals surface area (Å²) in [4.78, 5) is 4.07. The molecule has 0 saturated carbocycles. The highest BCUT2D eigenvalue weighted by molar-refractivity contribution is 7.93. The van der Waals surface area contributed by atoms with E-state index in [-0.39, 0.29) is 22.2 Å². The van der Waals surface area contributed by atoms with Gasteiger partial charge in [0.05, 0.1) is 32.4 Å². The molecule has 2 heterocycles. The smallest absolute Gasteiger partial charge is 0.270 e. The van der Waals surface area contributed by atoms with E-state index in [1.54, 1.807) is 36.5 Å². The molecule has 10 nitrogen and oxygen atoms in total. The predicted molar refractivity (Wildman–Crippen MR) is 118 cm³/mol. The summed E-state index contributed by atoms with van der Waals surface area (Å²) in [5, 5.41) is 7.44. The molecule has 0 radical (unpaired) electrons. The third-order valence-electron chi connectivity index (χ3n) is 4.60. The van der Waals surface area contributed by atoms with Crippen LogP contribution in [-0.2, 0) is 10.0 Å². The van der Waals surface area contributed by atoms with Crippen LogP contribution in [0.2, 0.25) is 0 Å². The van der Waals surface area contributed by atoms with Crippen LogP contribution < -0.4 is 24.2 Å². The molecule has 166 valence electrons. The lowest BCUT2D eigenvalue weighted by Gasteiger charge is -2.14. The first-order valence-corrected chi connectivity index (χ1v) is 10.8. The monoisotopic (exact) mass is 456 g/mol. The molecule has 0 aliphatic carbocycles. The van der Waals surface area contributed by atoms with E-state index in [2.05, 4.69) is 20.2 Å². The number of nitrogens with zero attached hydrogens (tertiary/aromatic N) is 2. The summed E-state index contributed by atoms with van der Waals surface area (Å²) in [5.41, 5.74) is 0.921. The molecule has 0 aliphatic heterocycles. The second-order valence-corrected chi connectivity index (χ2v) is 8.14. The highest BCUT2D eigenvalue weighted by Gasteiger charge is 2.27. The van der Waals surface area contributed by atoms with Gasteiger partial charge < -0.3 is 24.1 Å².